The van der Waals surface area contributed by atoms with Crippen molar-refractivity contribution < 1.29 is 0 Å². The van der Waals surface area contributed by atoms with Crippen LogP contribution in [0.3, 0.4) is 0 Å². The fraction of sp³-hybridized carbons (Fsp3) is 0.455. The monoisotopic (exact) mass is 271 g/mol. The molecule has 0 amide bonds. The second-order valence-corrected chi connectivity index (χ2v) is 6.00. The first-order chi connectivity index (χ1) is 6.68. The molecule has 2 N–H and O–H groups in total. The van der Waals surface area contributed by atoms with Gasteiger partial charge in [-0.05, 0) is 49.3 Å². The number of hydrogen-bond donors (Lipinski definition) is 1. The fourth-order valence-electron chi connectivity index (χ4n) is 1.31. The molecule has 2 rings (SSSR count). The van der Waals surface area contributed by atoms with Gasteiger partial charge in [0.1, 0.15) is 0 Å². The molecule has 14 heavy (non-hydrogen) atoms. The molecule has 76 valence electrons. The van der Waals surface area contributed by atoms with Crippen molar-refractivity contribution in [1.29, 1.82) is 0 Å². The van der Waals surface area contributed by atoms with Crippen molar-refractivity contribution in [2.24, 2.45) is 5.73 Å². The van der Waals surface area contributed by atoms with Gasteiger partial charge in [0.15, 0.2) is 0 Å². The van der Waals surface area contributed by atoms with Gasteiger partial charge in [0.2, 0.25) is 0 Å². The fourth-order valence-corrected chi connectivity index (χ4v) is 2.65. The van der Waals surface area contributed by atoms with E-state index < -0.39 is 0 Å². The lowest BCUT2D eigenvalue weighted by Crippen LogP contribution is -2.21. The normalized spacial score (nSPS) is 18.1. The quantitative estimate of drug-likeness (QED) is 0.850. The molecule has 0 radical (unpaired) electrons. The SMILES string of the molecule is NC1(CCSc2ccc(Br)cc2)CC1. The topological polar surface area (TPSA) is 26.0 Å². The van der Waals surface area contributed by atoms with E-state index in [4.69, 9.17) is 5.73 Å². The lowest BCUT2D eigenvalue weighted by Gasteiger charge is -2.07. The first-order valence-electron chi connectivity index (χ1n) is 4.85. The van der Waals surface area contributed by atoms with Crippen LogP contribution in [0.25, 0.3) is 0 Å². The molecule has 1 aliphatic rings. The van der Waals surface area contributed by atoms with Crippen molar-refractivity contribution in [3.05, 3.63) is 28.7 Å². The Morgan fingerprint density at radius 2 is 1.93 bits per heavy atom. The van der Waals surface area contributed by atoms with Crippen LogP contribution in [0.1, 0.15) is 19.3 Å². The summed E-state index contributed by atoms with van der Waals surface area (Å²) in [5, 5.41) is 0. The van der Waals surface area contributed by atoms with E-state index in [9.17, 15) is 0 Å². The highest BCUT2D eigenvalue weighted by Gasteiger charge is 2.37. The summed E-state index contributed by atoms with van der Waals surface area (Å²) in [6.07, 6.45) is 3.58. The molecule has 1 saturated carbocycles. The summed E-state index contributed by atoms with van der Waals surface area (Å²) in [6.45, 7) is 0. The molecule has 0 saturated heterocycles. The molecule has 3 heteroatoms. The third-order valence-corrected chi connectivity index (χ3v) is 4.12. The van der Waals surface area contributed by atoms with Crippen molar-refractivity contribution >= 4 is 27.7 Å². The summed E-state index contributed by atoms with van der Waals surface area (Å²) < 4.78 is 1.14. The maximum absolute atomic E-state index is 6.01. The Bertz CT molecular complexity index is 306. The summed E-state index contributed by atoms with van der Waals surface area (Å²) in [5.74, 6) is 1.14. The Kier molecular flexibility index (Phi) is 3.20. The molecule has 0 aromatic heterocycles. The molecule has 0 heterocycles. The molecular weight excluding hydrogens is 258 g/mol. The van der Waals surface area contributed by atoms with Crippen molar-refractivity contribution in [1.82, 2.24) is 0 Å². The molecular formula is C11H14BrNS. The Balaban J connectivity index is 1.77. The zero-order valence-corrected chi connectivity index (χ0v) is 10.4. The van der Waals surface area contributed by atoms with Crippen LogP contribution in [-0.4, -0.2) is 11.3 Å². The van der Waals surface area contributed by atoms with Gasteiger partial charge in [-0.25, -0.2) is 0 Å². The molecule has 1 fully saturated rings. The number of nitrogens with two attached hydrogens (primary N) is 1. The Labute approximate surface area is 97.6 Å². The van der Waals surface area contributed by atoms with Gasteiger partial charge in [0.25, 0.3) is 0 Å². The predicted molar refractivity (Wildman–Crippen MR) is 65.6 cm³/mol. The molecule has 0 unspecified atom stereocenters. The average Bonchev–Trinajstić information content (AvgIpc) is 2.88. The number of rotatable bonds is 4. The standard InChI is InChI=1S/C11H14BrNS/c12-9-1-3-10(4-2-9)14-8-7-11(13)5-6-11/h1-4H,5-8,13H2. The Morgan fingerprint density at radius 3 is 2.50 bits per heavy atom. The van der Waals surface area contributed by atoms with Crippen LogP contribution >= 0.6 is 27.7 Å². The van der Waals surface area contributed by atoms with E-state index >= 15 is 0 Å². The van der Waals surface area contributed by atoms with E-state index in [0.29, 0.717) is 0 Å². The number of thioether (sulfide) groups is 1. The van der Waals surface area contributed by atoms with E-state index in [0.717, 1.165) is 16.6 Å². The van der Waals surface area contributed by atoms with Gasteiger partial charge in [-0.3, -0.25) is 0 Å². The third-order valence-electron chi connectivity index (χ3n) is 2.57. The van der Waals surface area contributed by atoms with E-state index in [1.54, 1.807) is 0 Å². The minimum atomic E-state index is 0.197. The zero-order chi connectivity index (χ0) is 10.0. The van der Waals surface area contributed by atoms with Gasteiger partial charge < -0.3 is 5.73 Å². The molecule has 0 spiro atoms. The highest BCUT2D eigenvalue weighted by atomic mass is 79.9. The minimum Gasteiger partial charge on any atom is -0.325 e. The highest BCUT2D eigenvalue weighted by molar-refractivity contribution is 9.10. The number of hydrogen-bond acceptors (Lipinski definition) is 2. The molecule has 1 aromatic rings. The minimum absolute atomic E-state index is 0.197. The maximum atomic E-state index is 6.01. The Hall–Kier alpha value is 0.01000. The number of benzene rings is 1. The van der Waals surface area contributed by atoms with Gasteiger partial charge in [0, 0.05) is 14.9 Å². The molecule has 0 aliphatic heterocycles. The summed E-state index contributed by atoms with van der Waals surface area (Å²) >= 11 is 5.32. The average molecular weight is 272 g/mol. The van der Waals surface area contributed by atoms with Gasteiger partial charge in [-0.15, -0.1) is 11.8 Å². The predicted octanol–water partition coefficient (Wildman–Crippen LogP) is 3.42. The molecule has 0 bridgehead atoms. The summed E-state index contributed by atoms with van der Waals surface area (Å²) in [4.78, 5) is 1.33. The van der Waals surface area contributed by atoms with E-state index in [-0.39, 0.29) is 5.54 Å². The van der Waals surface area contributed by atoms with Crippen LogP contribution in [0, 0.1) is 0 Å². The van der Waals surface area contributed by atoms with Gasteiger partial charge >= 0.3 is 0 Å². The van der Waals surface area contributed by atoms with Crippen LogP contribution in [0.15, 0.2) is 33.6 Å². The lowest BCUT2D eigenvalue weighted by atomic mass is 10.2. The van der Waals surface area contributed by atoms with Crippen LogP contribution in [0.5, 0.6) is 0 Å². The molecule has 1 aromatic carbocycles. The van der Waals surface area contributed by atoms with Crippen LogP contribution in [0.2, 0.25) is 0 Å². The molecule has 1 nitrogen and oxygen atoms in total. The molecule has 0 atom stereocenters. The first-order valence-corrected chi connectivity index (χ1v) is 6.63. The zero-order valence-electron chi connectivity index (χ0n) is 8.00. The van der Waals surface area contributed by atoms with Crippen LogP contribution < -0.4 is 5.73 Å². The third kappa shape index (κ3) is 3.01. The lowest BCUT2D eigenvalue weighted by molar-refractivity contribution is 0.656. The van der Waals surface area contributed by atoms with Gasteiger partial charge in [0.05, 0.1) is 0 Å². The van der Waals surface area contributed by atoms with E-state index in [1.807, 2.05) is 11.8 Å². The van der Waals surface area contributed by atoms with Gasteiger partial charge in [-0.1, -0.05) is 15.9 Å². The highest BCUT2D eigenvalue weighted by Crippen LogP contribution is 2.37. The van der Waals surface area contributed by atoms with Crippen molar-refractivity contribution in [3.8, 4) is 0 Å². The van der Waals surface area contributed by atoms with Crippen molar-refractivity contribution in [3.63, 3.8) is 0 Å². The van der Waals surface area contributed by atoms with Crippen LogP contribution in [-0.2, 0) is 0 Å². The summed E-state index contributed by atoms with van der Waals surface area (Å²) in [7, 11) is 0. The molecule has 1 aliphatic carbocycles. The largest absolute Gasteiger partial charge is 0.325 e. The van der Waals surface area contributed by atoms with E-state index in [1.165, 1.54) is 17.7 Å². The smallest absolute Gasteiger partial charge is 0.0176 e. The number of halogens is 1. The second kappa shape index (κ2) is 4.25. The van der Waals surface area contributed by atoms with Crippen molar-refractivity contribution in [2.75, 3.05) is 5.75 Å². The summed E-state index contributed by atoms with van der Waals surface area (Å²) in [5.41, 5.74) is 6.21. The maximum Gasteiger partial charge on any atom is 0.0176 e. The van der Waals surface area contributed by atoms with E-state index in [2.05, 4.69) is 40.2 Å². The van der Waals surface area contributed by atoms with Crippen molar-refractivity contribution in [2.45, 2.75) is 29.7 Å². The summed E-state index contributed by atoms with van der Waals surface area (Å²) in [6, 6.07) is 8.45. The van der Waals surface area contributed by atoms with Crippen LogP contribution in [0.4, 0.5) is 0 Å². The first kappa shape index (κ1) is 10.5. The Morgan fingerprint density at radius 1 is 1.29 bits per heavy atom. The second-order valence-electron chi connectivity index (χ2n) is 3.91. The van der Waals surface area contributed by atoms with Gasteiger partial charge in [-0.2, -0.15) is 0 Å².